The first-order valence-corrected chi connectivity index (χ1v) is 7.88. The van der Waals surface area contributed by atoms with Gasteiger partial charge in [-0.05, 0) is 50.2 Å². The summed E-state index contributed by atoms with van der Waals surface area (Å²) in [4.78, 5) is 21.6. The zero-order chi connectivity index (χ0) is 14.1. The van der Waals surface area contributed by atoms with E-state index in [0.717, 1.165) is 37.3 Å². The van der Waals surface area contributed by atoms with Crippen LogP contribution in [0.25, 0.3) is 10.2 Å². The third-order valence-corrected chi connectivity index (χ3v) is 4.95. The van der Waals surface area contributed by atoms with Crippen LogP contribution in [0.1, 0.15) is 25.6 Å². The number of hydrogen-bond donors (Lipinski definition) is 2. The van der Waals surface area contributed by atoms with E-state index in [4.69, 9.17) is 0 Å². The van der Waals surface area contributed by atoms with Crippen molar-refractivity contribution in [3.05, 3.63) is 27.6 Å². The van der Waals surface area contributed by atoms with E-state index in [-0.39, 0.29) is 11.7 Å². The van der Waals surface area contributed by atoms with Crippen LogP contribution < -0.4 is 5.56 Å². The van der Waals surface area contributed by atoms with Gasteiger partial charge >= 0.3 is 0 Å². The summed E-state index contributed by atoms with van der Waals surface area (Å²) in [6.45, 7) is 4.43. The number of aromatic nitrogens is 2. The molecular weight excluding hydrogens is 274 g/mol. The first kappa shape index (κ1) is 13.7. The summed E-state index contributed by atoms with van der Waals surface area (Å²) in [5.74, 6) is 1.13. The summed E-state index contributed by atoms with van der Waals surface area (Å²) in [6, 6.07) is 1.89. The molecule has 20 heavy (non-hydrogen) atoms. The molecule has 1 atom stereocenters. The van der Waals surface area contributed by atoms with E-state index < -0.39 is 0 Å². The average molecular weight is 293 g/mol. The first-order valence-electron chi connectivity index (χ1n) is 7.00. The summed E-state index contributed by atoms with van der Waals surface area (Å²) in [5.41, 5.74) is 0.742. The lowest BCUT2D eigenvalue weighted by molar-refractivity contribution is 0.0687. The molecule has 2 aromatic rings. The second-order valence-electron chi connectivity index (χ2n) is 5.50. The minimum Gasteiger partial charge on any atom is -0.393 e. The monoisotopic (exact) mass is 293 g/mol. The van der Waals surface area contributed by atoms with Crippen LogP contribution in [0, 0.1) is 5.92 Å². The normalized spacial score (nSPS) is 19.5. The van der Waals surface area contributed by atoms with Gasteiger partial charge in [0.2, 0.25) is 0 Å². The van der Waals surface area contributed by atoms with Gasteiger partial charge in [0.05, 0.1) is 18.2 Å². The molecule has 1 unspecified atom stereocenters. The second kappa shape index (κ2) is 5.63. The van der Waals surface area contributed by atoms with Crippen molar-refractivity contribution in [2.24, 2.45) is 5.92 Å². The van der Waals surface area contributed by atoms with Gasteiger partial charge < -0.3 is 10.1 Å². The molecule has 5 nitrogen and oxygen atoms in total. The SMILES string of the molecule is CC(O)C1CCN(Cc2nc3ccsc3c(=O)[nH]2)CC1. The number of aliphatic hydroxyl groups excluding tert-OH is 1. The molecule has 2 aromatic heterocycles. The van der Waals surface area contributed by atoms with Crippen LogP contribution in [0.5, 0.6) is 0 Å². The van der Waals surface area contributed by atoms with Crippen LogP contribution in [0.15, 0.2) is 16.2 Å². The number of nitrogens with zero attached hydrogens (tertiary/aromatic N) is 2. The molecule has 2 N–H and O–H groups in total. The zero-order valence-corrected chi connectivity index (χ0v) is 12.3. The lowest BCUT2D eigenvalue weighted by Gasteiger charge is -2.32. The molecule has 1 aliphatic rings. The molecule has 108 valence electrons. The number of aliphatic hydroxyl groups is 1. The van der Waals surface area contributed by atoms with Crippen LogP contribution in [0.3, 0.4) is 0 Å². The van der Waals surface area contributed by atoms with Crippen molar-refractivity contribution in [1.82, 2.24) is 14.9 Å². The largest absolute Gasteiger partial charge is 0.393 e. The fraction of sp³-hybridized carbons (Fsp3) is 0.571. The fourth-order valence-electron chi connectivity index (χ4n) is 2.80. The molecule has 0 aliphatic carbocycles. The Morgan fingerprint density at radius 1 is 1.55 bits per heavy atom. The molecule has 0 spiro atoms. The molecule has 3 rings (SSSR count). The molecule has 0 bridgehead atoms. The maximum atomic E-state index is 11.9. The van der Waals surface area contributed by atoms with Crippen molar-refractivity contribution < 1.29 is 5.11 Å². The number of fused-ring (bicyclic) bond motifs is 1. The summed E-state index contributed by atoms with van der Waals surface area (Å²) in [7, 11) is 0. The van der Waals surface area contributed by atoms with Crippen molar-refractivity contribution in [3.8, 4) is 0 Å². The average Bonchev–Trinajstić information content (AvgIpc) is 2.88. The molecule has 1 saturated heterocycles. The standard InChI is InChI=1S/C14H19N3O2S/c1-9(18)10-2-5-17(6-3-10)8-12-15-11-4-7-20-13(11)14(19)16-12/h4,7,9-10,18H,2-3,5-6,8H2,1H3,(H,15,16,19). The highest BCUT2D eigenvalue weighted by Crippen LogP contribution is 2.21. The quantitative estimate of drug-likeness (QED) is 0.901. The molecular formula is C14H19N3O2S. The van der Waals surface area contributed by atoms with Gasteiger partial charge in [-0.25, -0.2) is 4.98 Å². The second-order valence-corrected chi connectivity index (χ2v) is 6.42. The Balaban J connectivity index is 1.70. The Hall–Kier alpha value is -1.24. The van der Waals surface area contributed by atoms with E-state index in [1.165, 1.54) is 11.3 Å². The van der Waals surface area contributed by atoms with Gasteiger partial charge in [0.25, 0.3) is 5.56 Å². The summed E-state index contributed by atoms with van der Waals surface area (Å²) >= 11 is 1.42. The molecule has 1 aliphatic heterocycles. The van der Waals surface area contributed by atoms with Crippen LogP contribution in [0.2, 0.25) is 0 Å². The highest BCUT2D eigenvalue weighted by atomic mass is 32.1. The van der Waals surface area contributed by atoms with E-state index in [1.807, 2.05) is 18.4 Å². The van der Waals surface area contributed by atoms with Gasteiger partial charge in [-0.15, -0.1) is 11.3 Å². The van der Waals surface area contributed by atoms with E-state index in [9.17, 15) is 9.90 Å². The molecule has 0 aromatic carbocycles. The molecule has 6 heteroatoms. The predicted octanol–water partition coefficient (Wildman–Crippen LogP) is 1.58. The first-order chi connectivity index (χ1) is 9.63. The van der Waals surface area contributed by atoms with Crippen molar-refractivity contribution in [1.29, 1.82) is 0 Å². The van der Waals surface area contributed by atoms with Gasteiger partial charge in [0.15, 0.2) is 0 Å². The lowest BCUT2D eigenvalue weighted by atomic mass is 9.92. The third kappa shape index (κ3) is 2.77. The van der Waals surface area contributed by atoms with Crippen molar-refractivity contribution in [2.45, 2.75) is 32.4 Å². The molecule has 0 radical (unpaired) electrons. The third-order valence-electron chi connectivity index (χ3n) is 4.05. The summed E-state index contributed by atoms with van der Waals surface area (Å²) in [6.07, 6.45) is 1.78. The Morgan fingerprint density at radius 2 is 2.30 bits per heavy atom. The molecule has 1 fully saturated rings. The van der Waals surface area contributed by atoms with Gasteiger partial charge in [-0.1, -0.05) is 0 Å². The van der Waals surface area contributed by atoms with E-state index in [0.29, 0.717) is 17.2 Å². The molecule has 0 amide bonds. The van der Waals surface area contributed by atoms with Crippen molar-refractivity contribution in [2.75, 3.05) is 13.1 Å². The number of hydrogen-bond acceptors (Lipinski definition) is 5. The maximum absolute atomic E-state index is 11.9. The van der Waals surface area contributed by atoms with E-state index >= 15 is 0 Å². The summed E-state index contributed by atoms with van der Waals surface area (Å²) in [5, 5.41) is 11.5. The van der Waals surface area contributed by atoms with Gasteiger partial charge in [-0.3, -0.25) is 9.69 Å². The van der Waals surface area contributed by atoms with Gasteiger partial charge in [0, 0.05) is 0 Å². The number of aromatic amines is 1. The number of likely N-dealkylation sites (tertiary alicyclic amines) is 1. The lowest BCUT2D eigenvalue weighted by Crippen LogP contribution is -2.37. The van der Waals surface area contributed by atoms with Crippen LogP contribution in [-0.2, 0) is 6.54 Å². The van der Waals surface area contributed by atoms with Gasteiger partial charge in [-0.2, -0.15) is 0 Å². The molecule has 0 saturated carbocycles. The minimum absolute atomic E-state index is 0.0427. The Morgan fingerprint density at radius 3 is 3.00 bits per heavy atom. The number of nitrogens with one attached hydrogen (secondary N) is 1. The van der Waals surface area contributed by atoms with Crippen LogP contribution in [-0.4, -0.2) is 39.2 Å². The van der Waals surface area contributed by atoms with Crippen LogP contribution in [0.4, 0.5) is 0 Å². The summed E-state index contributed by atoms with van der Waals surface area (Å²) < 4.78 is 0.696. The maximum Gasteiger partial charge on any atom is 0.268 e. The van der Waals surface area contributed by atoms with Crippen LogP contribution >= 0.6 is 11.3 Å². The highest BCUT2D eigenvalue weighted by Gasteiger charge is 2.23. The Bertz CT molecular complexity index is 641. The predicted molar refractivity (Wildman–Crippen MR) is 79.9 cm³/mol. The van der Waals surface area contributed by atoms with Crippen molar-refractivity contribution >= 4 is 21.6 Å². The van der Waals surface area contributed by atoms with Gasteiger partial charge in [0.1, 0.15) is 10.5 Å². The minimum atomic E-state index is -0.225. The number of piperidine rings is 1. The zero-order valence-electron chi connectivity index (χ0n) is 11.5. The van der Waals surface area contributed by atoms with E-state index in [1.54, 1.807) is 0 Å². The Kier molecular flexibility index (Phi) is 3.87. The highest BCUT2D eigenvalue weighted by molar-refractivity contribution is 7.17. The fourth-order valence-corrected chi connectivity index (χ4v) is 3.53. The topological polar surface area (TPSA) is 69.2 Å². The number of thiophene rings is 1. The molecule has 3 heterocycles. The number of rotatable bonds is 3. The smallest absolute Gasteiger partial charge is 0.268 e. The van der Waals surface area contributed by atoms with E-state index in [2.05, 4.69) is 14.9 Å². The Labute approximate surface area is 121 Å². The van der Waals surface area contributed by atoms with Crippen molar-refractivity contribution in [3.63, 3.8) is 0 Å². The number of H-pyrrole nitrogens is 1.